The van der Waals surface area contributed by atoms with Gasteiger partial charge in [0.25, 0.3) is 11.8 Å². The Kier molecular flexibility index (Phi) is 6.22. The van der Waals surface area contributed by atoms with E-state index in [0.29, 0.717) is 5.69 Å². The molecule has 1 fully saturated rings. The number of nitrogens with one attached hydrogen (secondary N) is 1. The third-order valence-corrected chi connectivity index (χ3v) is 6.98. The molecule has 0 atom stereocenters. The molecule has 0 radical (unpaired) electrons. The minimum Gasteiger partial charge on any atom is -0.367 e. The van der Waals surface area contributed by atoms with Gasteiger partial charge in [-0.25, -0.2) is 0 Å². The fourth-order valence-electron chi connectivity index (χ4n) is 4.68. The van der Waals surface area contributed by atoms with E-state index in [1.165, 1.54) is 21.7 Å². The van der Waals surface area contributed by atoms with Crippen molar-refractivity contribution in [3.05, 3.63) is 100 Å². The van der Waals surface area contributed by atoms with E-state index in [0.717, 1.165) is 42.6 Å². The summed E-state index contributed by atoms with van der Waals surface area (Å²) in [6.07, 6.45) is 3.70. The Hall–Kier alpha value is -3.77. The standard InChI is InChI=1S/C29H27N3O2S/c1-19-10-12-24(15-20(19)2)32-28(34)25(27(33)30-29(32)35)17-22-11-13-26-23(16-22)9-6-14-31(26)18-21-7-4-3-5-8-21/h3-5,7-8,10-13,15-17H,6,9,14,18H2,1-2H3,(H,30,33,35). The summed E-state index contributed by atoms with van der Waals surface area (Å²) in [6.45, 7) is 5.86. The van der Waals surface area contributed by atoms with Gasteiger partial charge in [0.15, 0.2) is 5.11 Å². The first-order valence-corrected chi connectivity index (χ1v) is 12.2. The SMILES string of the molecule is Cc1ccc(N2C(=O)C(=Cc3ccc4c(c3)CCCN4Cc3ccccc3)C(=O)NC2=S)cc1C. The lowest BCUT2D eigenvalue weighted by Crippen LogP contribution is -2.54. The predicted octanol–water partition coefficient (Wildman–Crippen LogP) is 5.09. The van der Waals surface area contributed by atoms with Crippen LogP contribution in [0.5, 0.6) is 0 Å². The van der Waals surface area contributed by atoms with Crippen LogP contribution in [0, 0.1) is 13.8 Å². The smallest absolute Gasteiger partial charge is 0.270 e. The third-order valence-electron chi connectivity index (χ3n) is 6.70. The highest BCUT2D eigenvalue weighted by atomic mass is 32.1. The second kappa shape index (κ2) is 9.47. The predicted molar refractivity (Wildman–Crippen MR) is 144 cm³/mol. The first-order valence-electron chi connectivity index (χ1n) is 11.8. The Morgan fingerprint density at radius 2 is 1.77 bits per heavy atom. The van der Waals surface area contributed by atoms with Crippen molar-refractivity contribution in [2.75, 3.05) is 16.3 Å². The lowest BCUT2D eigenvalue weighted by molar-refractivity contribution is -0.122. The van der Waals surface area contributed by atoms with Gasteiger partial charge in [0, 0.05) is 18.8 Å². The molecular weight excluding hydrogens is 454 g/mol. The van der Waals surface area contributed by atoms with Crippen LogP contribution >= 0.6 is 12.2 Å². The summed E-state index contributed by atoms with van der Waals surface area (Å²) in [7, 11) is 0. The van der Waals surface area contributed by atoms with Crippen LogP contribution in [-0.2, 0) is 22.6 Å². The number of benzene rings is 3. The monoisotopic (exact) mass is 481 g/mol. The zero-order chi connectivity index (χ0) is 24.5. The molecule has 3 aromatic rings. The zero-order valence-corrected chi connectivity index (χ0v) is 20.7. The van der Waals surface area contributed by atoms with Crippen molar-refractivity contribution in [3.63, 3.8) is 0 Å². The molecule has 35 heavy (non-hydrogen) atoms. The van der Waals surface area contributed by atoms with Gasteiger partial charge >= 0.3 is 0 Å². The molecule has 2 aliphatic heterocycles. The van der Waals surface area contributed by atoms with Crippen molar-refractivity contribution in [2.45, 2.75) is 33.2 Å². The second-order valence-corrected chi connectivity index (χ2v) is 9.51. The van der Waals surface area contributed by atoms with Crippen LogP contribution in [0.15, 0.2) is 72.3 Å². The number of carbonyl (C=O) groups is 2. The molecule has 2 aliphatic rings. The number of carbonyl (C=O) groups excluding carboxylic acids is 2. The van der Waals surface area contributed by atoms with Crippen molar-refractivity contribution < 1.29 is 9.59 Å². The van der Waals surface area contributed by atoms with Gasteiger partial charge in [0.1, 0.15) is 5.57 Å². The number of hydrogen-bond acceptors (Lipinski definition) is 4. The Labute approximate surface area is 211 Å². The van der Waals surface area contributed by atoms with E-state index >= 15 is 0 Å². The number of amides is 2. The molecule has 0 unspecified atom stereocenters. The summed E-state index contributed by atoms with van der Waals surface area (Å²) in [4.78, 5) is 29.9. The van der Waals surface area contributed by atoms with Gasteiger partial charge in [-0.3, -0.25) is 19.8 Å². The molecule has 3 aromatic carbocycles. The molecule has 1 saturated heterocycles. The van der Waals surface area contributed by atoms with Gasteiger partial charge in [-0.1, -0.05) is 42.5 Å². The maximum Gasteiger partial charge on any atom is 0.270 e. The molecule has 0 aliphatic carbocycles. The molecule has 2 heterocycles. The normalized spacial score (nSPS) is 17.0. The van der Waals surface area contributed by atoms with E-state index in [1.54, 1.807) is 6.08 Å². The maximum atomic E-state index is 13.4. The Balaban J connectivity index is 1.44. The summed E-state index contributed by atoms with van der Waals surface area (Å²) in [5.74, 6) is -0.881. The first-order chi connectivity index (χ1) is 16.9. The third kappa shape index (κ3) is 4.62. The van der Waals surface area contributed by atoms with Crippen molar-refractivity contribution in [3.8, 4) is 0 Å². The highest BCUT2D eigenvalue weighted by Gasteiger charge is 2.34. The van der Waals surface area contributed by atoms with E-state index in [2.05, 4.69) is 46.6 Å². The van der Waals surface area contributed by atoms with E-state index in [-0.39, 0.29) is 10.7 Å². The molecule has 0 aromatic heterocycles. The number of thiocarbonyl (C=S) groups is 1. The lowest BCUT2D eigenvalue weighted by atomic mass is 9.97. The minimum absolute atomic E-state index is 0.0775. The van der Waals surface area contributed by atoms with E-state index in [1.807, 2.05) is 44.2 Å². The van der Waals surface area contributed by atoms with E-state index in [4.69, 9.17) is 12.2 Å². The van der Waals surface area contributed by atoms with Crippen molar-refractivity contribution in [2.24, 2.45) is 0 Å². The molecule has 5 nitrogen and oxygen atoms in total. The number of rotatable bonds is 4. The molecular formula is C29H27N3O2S. The van der Waals surface area contributed by atoms with Crippen LogP contribution in [0.25, 0.3) is 6.08 Å². The topological polar surface area (TPSA) is 52.7 Å². The van der Waals surface area contributed by atoms with Gasteiger partial charge in [0.2, 0.25) is 0 Å². The van der Waals surface area contributed by atoms with E-state index < -0.39 is 11.8 Å². The number of anilines is 2. The van der Waals surface area contributed by atoms with Crippen molar-refractivity contribution in [1.82, 2.24) is 5.32 Å². The van der Waals surface area contributed by atoms with Crippen LogP contribution in [0.4, 0.5) is 11.4 Å². The van der Waals surface area contributed by atoms with Gasteiger partial charge in [-0.2, -0.15) is 0 Å². The second-order valence-electron chi connectivity index (χ2n) is 9.13. The molecule has 0 spiro atoms. The molecule has 0 saturated carbocycles. The van der Waals surface area contributed by atoms with Crippen LogP contribution in [0.3, 0.4) is 0 Å². The summed E-state index contributed by atoms with van der Waals surface area (Å²) in [6, 6.07) is 22.3. The molecule has 5 rings (SSSR count). The van der Waals surface area contributed by atoms with Gasteiger partial charge in [-0.15, -0.1) is 0 Å². The van der Waals surface area contributed by atoms with Gasteiger partial charge < -0.3 is 4.90 Å². The number of aryl methyl sites for hydroxylation is 3. The zero-order valence-electron chi connectivity index (χ0n) is 19.9. The Bertz CT molecular complexity index is 1360. The number of nitrogens with zero attached hydrogens (tertiary/aromatic N) is 2. The molecule has 2 amide bonds. The minimum atomic E-state index is -0.469. The van der Waals surface area contributed by atoms with Crippen LogP contribution < -0.4 is 15.1 Å². The maximum absolute atomic E-state index is 13.4. The van der Waals surface area contributed by atoms with Crippen molar-refractivity contribution >= 4 is 46.6 Å². The quantitative estimate of drug-likeness (QED) is 0.321. The molecule has 1 N–H and O–H groups in total. The summed E-state index contributed by atoms with van der Waals surface area (Å²) < 4.78 is 0. The number of hydrogen-bond donors (Lipinski definition) is 1. The summed E-state index contributed by atoms with van der Waals surface area (Å²) in [5.41, 5.74) is 7.45. The lowest BCUT2D eigenvalue weighted by Gasteiger charge is -2.32. The van der Waals surface area contributed by atoms with Crippen molar-refractivity contribution in [1.29, 1.82) is 0 Å². The van der Waals surface area contributed by atoms with Crippen LogP contribution in [0.2, 0.25) is 0 Å². The fourth-order valence-corrected chi connectivity index (χ4v) is 4.96. The van der Waals surface area contributed by atoms with Crippen LogP contribution in [-0.4, -0.2) is 23.5 Å². The average Bonchev–Trinajstić information content (AvgIpc) is 2.84. The van der Waals surface area contributed by atoms with Gasteiger partial charge in [0.05, 0.1) is 5.69 Å². The molecule has 176 valence electrons. The Morgan fingerprint density at radius 3 is 2.54 bits per heavy atom. The Morgan fingerprint density at radius 1 is 0.971 bits per heavy atom. The van der Waals surface area contributed by atoms with E-state index in [9.17, 15) is 9.59 Å². The largest absolute Gasteiger partial charge is 0.367 e. The first kappa shape index (κ1) is 23.0. The molecule has 6 heteroatoms. The number of fused-ring (bicyclic) bond motifs is 1. The highest BCUT2D eigenvalue weighted by Crippen LogP contribution is 2.31. The average molecular weight is 482 g/mol. The van der Waals surface area contributed by atoms with Crippen LogP contribution in [0.1, 0.15) is 34.2 Å². The molecule has 0 bridgehead atoms. The highest BCUT2D eigenvalue weighted by molar-refractivity contribution is 7.80. The fraction of sp³-hybridized carbons (Fsp3) is 0.207. The van der Waals surface area contributed by atoms with Gasteiger partial charge in [-0.05, 0) is 97.1 Å². The summed E-state index contributed by atoms with van der Waals surface area (Å²) >= 11 is 5.34. The summed E-state index contributed by atoms with van der Waals surface area (Å²) in [5, 5.41) is 2.78.